The van der Waals surface area contributed by atoms with Crippen molar-refractivity contribution in [1.29, 1.82) is 0 Å². The van der Waals surface area contributed by atoms with Crippen molar-refractivity contribution >= 4 is 17.0 Å². The van der Waals surface area contributed by atoms with E-state index in [1.54, 1.807) is 11.3 Å². The molecular formula is C11H19NO2S. The van der Waals surface area contributed by atoms with Crippen LogP contribution in [0.5, 0.6) is 0 Å². The van der Waals surface area contributed by atoms with Gasteiger partial charge in [0, 0.05) is 24.2 Å². The summed E-state index contributed by atoms with van der Waals surface area (Å²) in [6.07, 6.45) is 1.76. The van der Waals surface area contributed by atoms with E-state index in [-0.39, 0.29) is 0 Å². The summed E-state index contributed by atoms with van der Waals surface area (Å²) < 4.78 is 5.32. The number of hydrogen-bond acceptors (Lipinski definition) is 4. The number of anilines is 1. The van der Waals surface area contributed by atoms with Gasteiger partial charge in [0.1, 0.15) is 0 Å². The zero-order valence-corrected chi connectivity index (χ0v) is 9.93. The van der Waals surface area contributed by atoms with E-state index in [1.807, 2.05) is 16.8 Å². The lowest BCUT2D eigenvalue weighted by molar-refractivity contribution is 0.0422. The van der Waals surface area contributed by atoms with E-state index < -0.39 is 6.10 Å². The summed E-state index contributed by atoms with van der Waals surface area (Å²) in [5.74, 6) is 0. The zero-order chi connectivity index (χ0) is 10.9. The standard InChI is InChI=1S/C11H19NO2S/c1-2-3-5-14-8-11(13)7-12-10-4-6-15-9-10/h4,6,9,11-13H,2-3,5,7-8H2,1H3. The molecule has 0 aliphatic heterocycles. The third-order valence-corrected chi connectivity index (χ3v) is 2.70. The molecule has 1 unspecified atom stereocenters. The third-order valence-electron chi connectivity index (χ3n) is 2.02. The van der Waals surface area contributed by atoms with Gasteiger partial charge in [0.15, 0.2) is 0 Å². The fourth-order valence-electron chi connectivity index (χ4n) is 1.13. The van der Waals surface area contributed by atoms with Crippen LogP contribution in [0.1, 0.15) is 19.8 Å². The van der Waals surface area contributed by atoms with Gasteiger partial charge in [-0.25, -0.2) is 0 Å². The van der Waals surface area contributed by atoms with Gasteiger partial charge in [-0.15, -0.1) is 0 Å². The Morgan fingerprint density at radius 1 is 1.60 bits per heavy atom. The maximum Gasteiger partial charge on any atom is 0.0945 e. The maximum absolute atomic E-state index is 9.56. The predicted octanol–water partition coefficient (Wildman–Crippen LogP) is 2.34. The highest BCUT2D eigenvalue weighted by Crippen LogP contribution is 2.11. The number of thiophene rings is 1. The summed E-state index contributed by atoms with van der Waals surface area (Å²) in [5.41, 5.74) is 1.06. The summed E-state index contributed by atoms with van der Waals surface area (Å²) in [4.78, 5) is 0. The van der Waals surface area contributed by atoms with E-state index in [2.05, 4.69) is 12.2 Å². The second-order valence-corrected chi connectivity index (χ2v) is 4.26. The average Bonchev–Trinajstić information content (AvgIpc) is 2.74. The fraction of sp³-hybridized carbons (Fsp3) is 0.636. The Hall–Kier alpha value is -0.580. The molecule has 1 heterocycles. The van der Waals surface area contributed by atoms with Gasteiger partial charge in [0.2, 0.25) is 0 Å². The SMILES string of the molecule is CCCCOCC(O)CNc1ccsc1. The Morgan fingerprint density at radius 2 is 2.47 bits per heavy atom. The Bertz CT molecular complexity index is 239. The molecule has 0 saturated heterocycles. The number of rotatable bonds is 8. The van der Waals surface area contributed by atoms with Crippen LogP contribution >= 0.6 is 11.3 Å². The lowest BCUT2D eigenvalue weighted by Crippen LogP contribution is -2.24. The normalized spacial score (nSPS) is 12.7. The Balaban J connectivity index is 2.01. The number of aliphatic hydroxyl groups is 1. The minimum Gasteiger partial charge on any atom is -0.389 e. The molecule has 1 atom stereocenters. The first kappa shape index (κ1) is 12.5. The Morgan fingerprint density at radius 3 is 3.13 bits per heavy atom. The summed E-state index contributed by atoms with van der Waals surface area (Å²) in [7, 11) is 0. The summed E-state index contributed by atoms with van der Waals surface area (Å²) in [6, 6.07) is 2.00. The van der Waals surface area contributed by atoms with Crippen molar-refractivity contribution in [2.75, 3.05) is 25.1 Å². The predicted molar refractivity (Wildman–Crippen MR) is 64.5 cm³/mol. The first-order valence-electron chi connectivity index (χ1n) is 5.34. The van der Waals surface area contributed by atoms with Gasteiger partial charge in [-0.05, 0) is 17.9 Å². The Labute approximate surface area is 95.1 Å². The van der Waals surface area contributed by atoms with E-state index in [9.17, 15) is 5.11 Å². The van der Waals surface area contributed by atoms with Gasteiger partial charge in [0.05, 0.1) is 12.7 Å². The number of hydrogen-bond donors (Lipinski definition) is 2. The second-order valence-electron chi connectivity index (χ2n) is 3.48. The molecule has 2 N–H and O–H groups in total. The van der Waals surface area contributed by atoms with Crippen LogP contribution in [0.4, 0.5) is 5.69 Å². The van der Waals surface area contributed by atoms with Crippen molar-refractivity contribution in [3.8, 4) is 0 Å². The molecule has 0 aliphatic carbocycles. The molecule has 0 spiro atoms. The van der Waals surface area contributed by atoms with Crippen molar-refractivity contribution in [2.45, 2.75) is 25.9 Å². The third kappa shape index (κ3) is 5.77. The monoisotopic (exact) mass is 229 g/mol. The molecule has 4 heteroatoms. The van der Waals surface area contributed by atoms with Crippen LogP contribution in [-0.2, 0) is 4.74 Å². The maximum atomic E-state index is 9.56. The van der Waals surface area contributed by atoms with Crippen molar-refractivity contribution in [3.63, 3.8) is 0 Å². The van der Waals surface area contributed by atoms with Crippen LogP contribution in [0.2, 0.25) is 0 Å². The van der Waals surface area contributed by atoms with Crippen molar-refractivity contribution < 1.29 is 9.84 Å². The van der Waals surface area contributed by atoms with Crippen molar-refractivity contribution in [2.24, 2.45) is 0 Å². The van der Waals surface area contributed by atoms with Crippen LogP contribution in [-0.4, -0.2) is 31.0 Å². The molecule has 0 radical (unpaired) electrons. The molecule has 0 aromatic carbocycles. The number of nitrogens with one attached hydrogen (secondary N) is 1. The lowest BCUT2D eigenvalue weighted by atomic mass is 10.3. The Kier molecular flexibility index (Phi) is 6.39. The molecule has 0 saturated carbocycles. The average molecular weight is 229 g/mol. The molecule has 86 valence electrons. The highest BCUT2D eigenvalue weighted by atomic mass is 32.1. The largest absolute Gasteiger partial charge is 0.389 e. The molecular weight excluding hydrogens is 210 g/mol. The van der Waals surface area contributed by atoms with Crippen LogP contribution in [0, 0.1) is 0 Å². The fourth-order valence-corrected chi connectivity index (χ4v) is 1.74. The topological polar surface area (TPSA) is 41.5 Å². The van der Waals surface area contributed by atoms with E-state index in [1.165, 1.54) is 0 Å². The minimum atomic E-state index is -0.429. The highest BCUT2D eigenvalue weighted by molar-refractivity contribution is 7.08. The smallest absolute Gasteiger partial charge is 0.0945 e. The van der Waals surface area contributed by atoms with Gasteiger partial charge in [-0.2, -0.15) is 11.3 Å². The van der Waals surface area contributed by atoms with Gasteiger partial charge < -0.3 is 15.2 Å². The molecule has 0 aliphatic rings. The van der Waals surface area contributed by atoms with Crippen LogP contribution < -0.4 is 5.32 Å². The highest BCUT2D eigenvalue weighted by Gasteiger charge is 2.03. The van der Waals surface area contributed by atoms with Gasteiger partial charge in [-0.1, -0.05) is 13.3 Å². The van der Waals surface area contributed by atoms with E-state index >= 15 is 0 Å². The molecule has 1 aromatic heterocycles. The molecule has 1 aromatic rings. The van der Waals surface area contributed by atoms with E-state index in [4.69, 9.17) is 4.74 Å². The first-order valence-corrected chi connectivity index (χ1v) is 6.29. The van der Waals surface area contributed by atoms with Gasteiger partial charge in [0.25, 0.3) is 0 Å². The summed E-state index contributed by atoms with van der Waals surface area (Å²) in [5, 5.41) is 16.7. The molecule has 0 amide bonds. The summed E-state index contributed by atoms with van der Waals surface area (Å²) in [6.45, 7) is 3.82. The van der Waals surface area contributed by atoms with E-state index in [0.717, 1.165) is 25.1 Å². The van der Waals surface area contributed by atoms with Crippen LogP contribution in [0.25, 0.3) is 0 Å². The number of ether oxygens (including phenoxy) is 1. The zero-order valence-electron chi connectivity index (χ0n) is 9.11. The first-order chi connectivity index (χ1) is 7.33. The molecule has 15 heavy (non-hydrogen) atoms. The molecule has 0 bridgehead atoms. The molecule has 1 rings (SSSR count). The van der Waals surface area contributed by atoms with Crippen LogP contribution in [0.3, 0.4) is 0 Å². The summed E-state index contributed by atoms with van der Waals surface area (Å²) >= 11 is 1.64. The number of unbranched alkanes of at least 4 members (excludes halogenated alkanes) is 1. The van der Waals surface area contributed by atoms with Crippen LogP contribution in [0.15, 0.2) is 16.8 Å². The van der Waals surface area contributed by atoms with Gasteiger partial charge >= 0.3 is 0 Å². The van der Waals surface area contributed by atoms with Crippen molar-refractivity contribution in [3.05, 3.63) is 16.8 Å². The number of aliphatic hydroxyl groups excluding tert-OH is 1. The second kappa shape index (κ2) is 7.68. The molecule has 0 fully saturated rings. The van der Waals surface area contributed by atoms with Gasteiger partial charge in [-0.3, -0.25) is 0 Å². The quantitative estimate of drug-likeness (QED) is 0.672. The lowest BCUT2D eigenvalue weighted by Gasteiger charge is -2.12. The van der Waals surface area contributed by atoms with E-state index in [0.29, 0.717) is 13.2 Å². The minimum absolute atomic E-state index is 0.414. The van der Waals surface area contributed by atoms with Crippen molar-refractivity contribution in [1.82, 2.24) is 0 Å². The molecule has 3 nitrogen and oxygen atoms in total.